The Morgan fingerprint density at radius 3 is 2.33 bits per heavy atom. The molecule has 18 heavy (non-hydrogen) atoms. The van der Waals surface area contributed by atoms with Crippen LogP contribution < -0.4 is 15.2 Å². The van der Waals surface area contributed by atoms with Gasteiger partial charge >= 0.3 is 0 Å². The predicted octanol–water partition coefficient (Wildman–Crippen LogP) is 3.90. The number of benzene rings is 1. The molecule has 0 aromatic heterocycles. The average Bonchev–Trinajstić information content (AvgIpc) is 2.37. The van der Waals surface area contributed by atoms with Gasteiger partial charge in [-0.05, 0) is 40.4 Å². The molecule has 3 nitrogen and oxygen atoms in total. The molecular weight excluding hydrogens is 294 g/mol. The van der Waals surface area contributed by atoms with Crippen LogP contribution in [0.4, 0.5) is 0 Å². The molecule has 0 aliphatic carbocycles. The van der Waals surface area contributed by atoms with Gasteiger partial charge in [0.1, 0.15) is 11.5 Å². The molecule has 0 spiro atoms. The summed E-state index contributed by atoms with van der Waals surface area (Å²) in [6.07, 6.45) is 2.07. The minimum atomic E-state index is -0.0306. The highest BCUT2D eigenvalue weighted by Crippen LogP contribution is 2.36. The molecule has 1 aromatic rings. The SMILES string of the molecule is CCC(C)CC(N)c1cc(OC)c(Br)cc1OC. The number of ether oxygens (including phenoxy) is 2. The summed E-state index contributed by atoms with van der Waals surface area (Å²) in [4.78, 5) is 0. The maximum Gasteiger partial charge on any atom is 0.133 e. The highest BCUT2D eigenvalue weighted by molar-refractivity contribution is 9.10. The Labute approximate surface area is 118 Å². The fourth-order valence-electron chi connectivity index (χ4n) is 1.90. The lowest BCUT2D eigenvalue weighted by atomic mass is 9.94. The van der Waals surface area contributed by atoms with Gasteiger partial charge in [-0.25, -0.2) is 0 Å². The van der Waals surface area contributed by atoms with E-state index < -0.39 is 0 Å². The summed E-state index contributed by atoms with van der Waals surface area (Å²) in [5, 5.41) is 0. The first-order valence-electron chi connectivity index (χ1n) is 6.20. The molecule has 0 aliphatic rings. The van der Waals surface area contributed by atoms with E-state index in [-0.39, 0.29) is 6.04 Å². The Morgan fingerprint density at radius 1 is 1.22 bits per heavy atom. The Hall–Kier alpha value is -0.740. The summed E-state index contributed by atoms with van der Waals surface area (Å²) in [5.74, 6) is 2.18. The number of nitrogens with two attached hydrogens (primary N) is 1. The number of hydrogen-bond donors (Lipinski definition) is 1. The number of halogens is 1. The van der Waals surface area contributed by atoms with Gasteiger partial charge in [0, 0.05) is 11.6 Å². The lowest BCUT2D eigenvalue weighted by Gasteiger charge is -2.20. The van der Waals surface area contributed by atoms with Crippen molar-refractivity contribution in [3.8, 4) is 11.5 Å². The Bertz CT molecular complexity index is 396. The number of hydrogen-bond acceptors (Lipinski definition) is 3. The van der Waals surface area contributed by atoms with Crippen LogP contribution in [0.25, 0.3) is 0 Å². The summed E-state index contributed by atoms with van der Waals surface area (Å²) in [7, 11) is 3.31. The minimum absolute atomic E-state index is 0.0306. The summed E-state index contributed by atoms with van der Waals surface area (Å²) in [6.45, 7) is 4.39. The molecule has 4 heteroatoms. The third-order valence-electron chi connectivity index (χ3n) is 3.26. The zero-order valence-corrected chi connectivity index (χ0v) is 13.1. The molecule has 0 amide bonds. The van der Waals surface area contributed by atoms with Crippen molar-refractivity contribution < 1.29 is 9.47 Å². The molecule has 1 rings (SSSR count). The molecule has 0 fully saturated rings. The maximum atomic E-state index is 6.27. The molecule has 2 unspecified atom stereocenters. The van der Waals surface area contributed by atoms with Gasteiger partial charge in [0.15, 0.2) is 0 Å². The molecule has 102 valence electrons. The largest absolute Gasteiger partial charge is 0.496 e. The topological polar surface area (TPSA) is 44.5 Å². The lowest BCUT2D eigenvalue weighted by Crippen LogP contribution is -2.15. The van der Waals surface area contributed by atoms with Crippen molar-refractivity contribution in [1.82, 2.24) is 0 Å². The first-order chi connectivity index (χ1) is 8.53. The van der Waals surface area contributed by atoms with E-state index in [1.165, 1.54) is 0 Å². The van der Waals surface area contributed by atoms with Crippen molar-refractivity contribution in [2.75, 3.05) is 14.2 Å². The second-order valence-corrected chi connectivity index (χ2v) is 5.44. The van der Waals surface area contributed by atoms with Gasteiger partial charge in [-0.3, -0.25) is 0 Å². The number of rotatable bonds is 6. The van der Waals surface area contributed by atoms with Gasteiger partial charge in [0.25, 0.3) is 0 Å². The van der Waals surface area contributed by atoms with E-state index >= 15 is 0 Å². The molecule has 0 aliphatic heterocycles. The molecule has 0 heterocycles. The third-order valence-corrected chi connectivity index (χ3v) is 3.88. The van der Waals surface area contributed by atoms with Gasteiger partial charge in [-0.2, -0.15) is 0 Å². The third kappa shape index (κ3) is 3.62. The van der Waals surface area contributed by atoms with Crippen molar-refractivity contribution in [1.29, 1.82) is 0 Å². The zero-order chi connectivity index (χ0) is 13.7. The van der Waals surface area contributed by atoms with Crippen LogP contribution in [0.3, 0.4) is 0 Å². The number of methoxy groups -OCH3 is 2. The minimum Gasteiger partial charge on any atom is -0.496 e. The Kier molecular flexibility index (Phi) is 5.96. The van der Waals surface area contributed by atoms with Gasteiger partial charge in [0.2, 0.25) is 0 Å². The van der Waals surface area contributed by atoms with E-state index in [0.29, 0.717) is 5.92 Å². The predicted molar refractivity (Wildman–Crippen MR) is 78.2 cm³/mol. The van der Waals surface area contributed by atoms with E-state index in [1.54, 1.807) is 14.2 Å². The molecule has 0 saturated carbocycles. The molecule has 2 N–H and O–H groups in total. The van der Waals surface area contributed by atoms with E-state index in [4.69, 9.17) is 15.2 Å². The zero-order valence-electron chi connectivity index (χ0n) is 11.5. The monoisotopic (exact) mass is 315 g/mol. The van der Waals surface area contributed by atoms with Crippen LogP contribution in [0.2, 0.25) is 0 Å². The fourth-order valence-corrected chi connectivity index (χ4v) is 2.39. The van der Waals surface area contributed by atoms with E-state index in [1.807, 2.05) is 12.1 Å². The van der Waals surface area contributed by atoms with Crippen LogP contribution in [-0.2, 0) is 0 Å². The van der Waals surface area contributed by atoms with Crippen LogP contribution in [0.5, 0.6) is 11.5 Å². The van der Waals surface area contributed by atoms with Crippen molar-refractivity contribution in [3.05, 3.63) is 22.2 Å². The standard InChI is InChI=1S/C14H22BrNO2/c1-5-9(2)6-12(16)10-7-14(18-4)11(15)8-13(10)17-3/h7-9,12H,5-6,16H2,1-4H3. The van der Waals surface area contributed by atoms with Crippen LogP contribution >= 0.6 is 15.9 Å². The second-order valence-electron chi connectivity index (χ2n) is 4.58. The summed E-state index contributed by atoms with van der Waals surface area (Å²) >= 11 is 3.45. The van der Waals surface area contributed by atoms with Crippen LogP contribution in [-0.4, -0.2) is 14.2 Å². The van der Waals surface area contributed by atoms with Crippen molar-refractivity contribution in [2.24, 2.45) is 11.7 Å². The summed E-state index contributed by atoms with van der Waals surface area (Å²) in [5.41, 5.74) is 7.27. The van der Waals surface area contributed by atoms with Crippen molar-refractivity contribution in [2.45, 2.75) is 32.7 Å². The van der Waals surface area contributed by atoms with Crippen LogP contribution in [0.15, 0.2) is 16.6 Å². The second kappa shape index (κ2) is 7.00. The molecule has 1 aromatic carbocycles. The van der Waals surface area contributed by atoms with Gasteiger partial charge in [-0.15, -0.1) is 0 Å². The maximum absolute atomic E-state index is 6.27. The van der Waals surface area contributed by atoms with Gasteiger partial charge in [-0.1, -0.05) is 20.3 Å². The van der Waals surface area contributed by atoms with Gasteiger partial charge < -0.3 is 15.2 Å². The van der Waals surface area contributed by atoms with Crippen molar-refractivity contribution >= 4 is 15.9 Å². The lowest BCUT2D eigenvalue weighted by molar-refractivity contribution is 0.385. The molecule has 0 bridgehead atoms. The van der Waals surface area contributed by atoms with Crippen LogP contribution in [0, 0.1) is 5.92 Å². The van der Waals surface area contributed by atoms with E-state index in [9.17, 15) is 0 Å². The Morgan fingerprint density at radius 2 is 1.83 bits per heavy atom. The van der Waals surface area contributed by atoms with Gasteiger partial charge in [0.05, 0.1) is 18.7 Å². The quantitative estimate of drug-likeness (QED) is 0.865. The van der Waals surface area contributed by atoms with E-state index in [0.717, 1.165) is 34.4 Å². The van der Waals surface area contributed by atoms with E-state index in [2.05, 4.69) is 29.8 Å². The Balaban J connectivity index is 3.05. The molecule has 0 saturated heterocycles. The summed E-state index contributed by atoms with van der Waals surface area (Å²) < 4.78 is 11.6. The van der Waals surface area contributed by atoms with Crippen LogP contribution in [0.1, 0.15) is 38.3 Å². The highest BCUT2D eigenvalue weighted by atomic mass is 79.9. The summed E-state index contributed by atoms with van der Waals surface area (Å²) in [6, 6.07) is 3.83. The highest BCUT2D eigenvalue weighted by Gasteiger charge is 2.17. The normalized spacial score (nSPS) is 14.1. The molecular formula is C14H22BrNO2. The molecule has 0 radical (unpaired) electrons. The first kappa shape index (κ1) is 15.3. The average molecular weight is 316 g/mol. The first-order valence-corrected chi connectivity index (χ1v) is 6.99. The molecule has 2 atom stereocenters. The van der Waals surface area contributed by atoms with Crippen molar-refractivity contribution in [3.63, 3.8) is 0 Å². The fraction of sp³-hybridized carbons (Fsp3) is 0.571. The smallest absolute Gasteiger partial charge is 0.133 e.